The van der Waals surface area contributed by atoms with Crippen LogP contribution >= 0.6 is 0 Å². The smallest absolute Gasteiger partial charge is 0.339 e. The number of H-pyrrole nitrogens is 1. The summed E-state index contributed by atoms with van der Waals surface area (Å²) in [4.78, 5) is 37.0. The monoisotopic (exact) mass is 417 g/mol. The Hall–Kier alpha value is -3.94. The molecule has 0 unspecified atom stereocenters. The number of carbonyl (C=O) groups is 2. The van der Waals surface area contributed by atoms with Gasteiger partial charge in [0.1, 0.15) is 17.8 Å². The zero-order valence-corrected chi connectivity index (χ0v) is 17.6. The van der Waals surface area contributed by atoms with Crippen LogP contribution in [0.2, 0.25) is 0 Å². The molecule has 0 atom stereocenters. The van der Waals surface area contributed by atoms with Gasteiger partial charge in [0, 0.05) is 5.69 Å². The number of aromatic amines is 1. The van der Waals surface area contributed by atoms with Crippen molar-refractivity contribution in [1.29, 1.82) is 0 Å². The normalized spacial score (nSPS) is 10.9. The van der Waals surface area contributed by atoms with Gasteiger partial charge in [0.25, 0.3) is 5.91 Å². The number of esters is 1. The number of pyridine rings is 1. The van der Waals surface area contributed by atoms with Gasteiger partial charge < -0.3 is 15.0 Å². The summed E-state index contributed by atoms with van der Waals surface area (Å²) in [6.45, 7) is 3.75. The second kappa shape index (κ2) is 8.43. The molecule has 0 aliphatic carbocycles. The van der Waals surface area contributed by atoms with Gasteiger partial charge in [0.15, 0.2) is 0 Å². The minimum Gasteiger partial charge on any atom is -0.465 e. The minimum absolute atomic E-state index is 0.329. The fourth-order valence-electron chi connectivity index (χ4n) is 3.69. The van der Waals surface area contributed by atoms with Crippen LogP contribution in [0.15, 0.2) is 48.9 Å². The number of nitrogens with zero attached hydrogens (tertiary/aromatic N) is 3. The van der Waals surface area contributed by atoms with E-state index in [-0.39, 0.29) is 5.91 Å². The Bertz CT molecular complexity index is 1250. The van der Waals surface area contributed by atoms with Crippen LogP contribution < -0.4 is 5.32 Å². The Morgan fingerprint density at radius 3 is 2.68 bits per heavy atom. The first kappa shape index (κ1) is 20.3. The summed E-state index contributed by atoms with van der Waals surface area (Å²) in [5.74, 6) is -0.0822. The summed E-state index contributed by atoms with van der Waals surface area (Å²) in [5.41, 5.74) is 4.45. The predicted molar refractivity (Wildman–Crippen MR) is 118 cm³/mol. The number of amides is 1. The number of hydrogen-bond donors (Lipinski definition) is 2. The third-order valence-electron chi connectivity index (χ3n) is 5.11. The Balaban J connectivity index is 1.59. The highest BCUT2D eigenvalue weighted by molar-refractivity contribution is 6.07. The number of fused-ring (bicyclic) bond motifs is 1. The number of methoxy groups -OCH3 is 1. The van der Waals surface area contributed by atoms with Gasteiger partial charge in [-0.3, -0.25) is 9.36 Å². The zero-order chi connectivity index (χ0) is 22.0. The highest BCUT2D eigenvalue weighted by atomic mass is 16.5. The molecule has 4 aromatic rings. The van der Waals surface area contributed by atoms with Gasteiger partial charge in [0.05, 0.1) is 35.6 Å². The maximum atomic E-state index is 12.9. The van der Waals surface area contributed by atoms with E-state index in [0.717, 1.165) is 17.5 Å². The number of imidazole rings is 1. The first-order valence-electron chi connectivity index (χ1n) is 10.0. The molecule has 2 N–H and O–H groups in total. The zero-order valence-electron chi connectivity index (χ0n) is 17.6. The molecule has 4 rings (SSSR count). The predicted octanol–water partition coefficient (Wildman–Crippen LogP) is 4.05. The Morgan fingerprint density at radius 1 is 1.16 bits per heavy atom. The summed E-state index contributed by atoms with van der Waals surface area (Å²) >= 11 is 0. The number of para-hydroxylation sites is 2. The van der Waals surface area contributed by atoms with Gasteiger partial charge in [0.2, 0.25) is 0 Å². The molecule has 0 aliphatic heterocycles. The molecule has 0 radical (unpaired) electrons. The van der Waals surface area contributed by atoms with Crippen molar-refractivity contribution in [3.05, 3.63) is 71.4 Å². The molecule has 0 saturated carbocycles. The van der Waals surface area contributed by atoms with Crippen molar-refractivity contribution >= 4 is 28.6 Å². The number of ether oxygens (including phenoxy) is 1. The van der Waals surface area contributed by atoms with Crippen molar-refractivity contribution in [2.24, 2.45) is 0 Å². The third-order valence-corrected chi connectivity index (χ3v) is 5.11. The number of benzene rings is 1. The van der Waals surface area contributed by atoms with Crippen LogP contribution in [-0.4, -0.2) is 38.5 Å². The lowest BCUT2D eigenvalue weighted by atomic mass is 10.0. The van der Waals surface area contributed by atoms with E-state index in [1.165, 1.54) is 7.11 Å². The van der Waals surface area contributed by atoms with Gasteiger partial charge in [-0.25, -0.2) is 14.8 Å². The Kier molecular flexibility index (Phi) is 5.53. The maximum Gasteiger partial charge on any atom is 0.339 e. The average molecular weight is 417 g/mol. The van der Waals surface area contributed by atoms with Gasteiger partial charge >= 0.3 is 5.97 Å². The lowest BCUT2D eigenvalue weighted by Crippen LogP contribution is -2.15. The first-order chi connectivity index (χ1) is 15.0. The van der Waals surface area contributed by atoms with Crippen LogP contribution in [0, 0.1) is 6.92 Å². The van der Waals surface area contributed by atoms with Crippen molar-refractivity contribution in [2.75, 3.05) is 12.4 Å². The van der Waals surface area contributed by atoms with E-state index in [4.69, 9.17) is 4.74 Å². The molecule has 8 nitrogen and oxygen atoms in total. The van der Waals surface area contributed by atoms with Crippen LogP contribution in [-0.2, 0) is 11.2 Å². The molecule has 1 amide bonds. The van der Waals surface area contributed by atoms with Crippen molar-refractivity contribution in [3.8, 4) is 5.82 Å². The molecular weight excluding hydrogens is 394 g/mol. The van der Waals surface area contributed by atoms with Crippen molar-refractivity contribution in [1.82, 2.24) is 19.5 Å². The van der Waals surface area contributed by atoms with Crippen molar-refractivity contribution in [2.45, 2.75) is 26.7 Å². The molecule has 0 aliphatic rings. The molecule has 31 heavy (non-hydrogen) atoms. The number of nitrogens with one attached hydrogen (secondary N) is 2. The number of anilines is 1. The van der Waals surface area contributed by atoms with Crippen molar-refractivity contribution in [3.63, 3.8) is 0 Å². The maximum absolute atomic E-state index is 12.9. The van der Waals surface area contributed by atoms with E-state index in [2.05, 4.69) is 20.3 Å². The summed E-state index contributed by atoms with van der Waals surface area (Å²) in [6.07, 6.45) is 4.69. The lowest BCUT2D eigenvalue weighted by molar-refractivity contribution is 0.0599. The molecule has 0 bridgehead atoms. The fraction of sp³-hybridized carbons (Fsp3) is 0.217. The second-order valence-corrected chi connectivity index (χ2v) is 7.18. The number of rotatable bonds is 6. The van der Waals surface area contributed by atoms with Gasteiger partial charge in [-0.15, -0.1) is 0 Å². The Labute approximate surface area is 179 Å². The van der Waals surface area contributed by atoms with Crippen LogP contribution in [0.3, 0.4) is 0 Å². The number of aryl methyl sites for hydroxylation is 1. The SMILES string of the molecule is CCCc1c(C(=O)Nc2ccc(-n3cnc4ccccc43)nc2)[nH]c(C)c1C(=O)OC. The highest BCUT2D eigenvalue weighted by Crippen LogP contribution is 2.23. The highest BCUT2D eigenvalue weighted by Gasteiger charge is 2.24. The molecule has 3 aromatic heterocycles. The van der Waals surface area contributed by atoms with Gasteiger partial charge in [-0.1, -0.05) is 25.5 Å². The van der Waals surface area contributed by atoms with Crippen LogP contribution in [0.25, 0.3) is 16.9 Å². The number of aromatic nitrogens is 4. The number of hydrogen-bond acceptors (Lipinski definition) is 5. The average Bonchev–Trinajstić information content (AvgIpc) is 3.35. The molecular formula is C23H23N5O3. The summed E-state index contributed by atoms with van der Waals surface area (Å²) in [5, 5.41) is 2.85. The fourth-order valence-corrected chi connectivity index (χ4v) is 3.69. The summed E-state index contributed by atoms with van der Waals surface area (Å²) < 4.78 is 6.77. The van der Waals surface area contributed by atoms with E-state index < -0.39 is 5.97 Å². The van der Waals surface area contributed by atoms with E-state index in [9.17, 15) is 9.59 Å². The van der Waals surface area contributed by atoms with Gasteiger partial charge in [-0.05, 0) is 43.2 Å². The number of carbonyl (C=O) groups excluding carboxylic acids is 2. The molecule has 3 heterocycles. The molecule has 0 spiro atoms. The van der Waals surface area contributed by atoms with Gasteiger partial charge in [-0.2, -0.15) is 0 Å². The molecule has 158 valence electrons. The Morgan fingerprint density at radius 2 is 1.97 bits per heavy atom. The molecule has 1 aromatic carbocycles. The van der Waals surface area contributed by atoms with E-state index >= 15 is 0 Å². The topological polar surface area (TPSA) is 102 Å². The van der Waals surface area contributed by atoms with E-state index in [0.29, 0.717) is 40.4 Å². The van der Waals surface area contributed by atoms with E-state index in [1.54, 1.807) is 25.5 Å². The third kappa shape index (κ3) is 3.79. The minimum atomic E-state index is -0.449. The largest absolute Gasteiger partial charge is 0.465 e. The second-order valence-electron chi connectivity index (χ2n) is 7.18. The first-order valence-corrected chi connectivity index (χ1v) is 10.0. The van der Waals surface area contributed by atoms with Crippen LogP contribution in [0.1, 0.15) is 45.4 Å². The quantitative estimate of drug-likeness (QED) is 0.461. The van der Waals surface area contributed by atoms with E-state index in [1.807, 2.05) is 41.8 Å². The van der Waals surface area contributed by atoms with Crippen LogP contribution in [0.4, 0.5) is 5.69 Å². The summed E-state index contributed by atoms with van der Waals surface area (Å²) in [6, 6.07) is 11.4. The van der Waals surface area contributed by atoms with Crippen LogP contribution in [0.5, 0.6) is 0 Å². The summed E-state index contributed by atoms with van der Waals surface area (Å²) in [7, 11) is 1.33. The standard InChI is InChI=1S/C23H23N5O3/c1-4-7-16-20(23(30)31-3)14(2)26-21(16)22(29)27-15-10-11-19(24-12-15)28-13-25-17-8-5-6-9-18(17)28/h5-6,8-13,26H,4,7H2,1-3H3,(H,27,29). The van der Waals surface area contributed by atoms with Crippen molar-refractivity contribution < 1.29 is 14.3 Å². The molecule has 0 saturated heterocycles. The molecule has 0 fully saturated rings. The molecule has 8 heteroatoms. The lowest BCUT2D eigenvalue weighted by Gasteiger charge is -2.08.